The molecular weight excluding hydrogens is 398 g/mol. The average molecular weight is 422 g/mol. The van der Waals surface area contributed by atoms with Crippen LogP contribution in [0.1, 0.15) is 17.0 Å². The molecule has 1 saturated heterocycles. The molecule has 1 aliphatic heterocycles. The fraction of sp³-hybridized carbons (Fsp3) is 0.421. The number of carbonyl (C=O) groups is 1. The second-order valence-electron chi connectivity index (χ2n) is 6.24. The smallest absolute Gasteiger partial charge is 0.287 e. The molecule has 1 N–H and O–H groups in total. The number of rotatable bonds is 7. The van der Waals surface area contributed by atoms with E-state index in [0.29, 0.717) is 17.0 Å². The third-order valence-electron chi connectivity index (χ3n) is 4.54. The van der Waals surface area contributed by atoms with Crippen LogP contribution >= 0.6 is 15.9 Å². The van der Waals surface area contributed by atoms with Gasteiger partial charge in [-0.25, -0.2) is 0 Å². The summed E-state index contributed by atoms with van der Waals surface area (Å²) in [6.45, 7) is 5.73. The van der Waals surface area contributed by atoms with Crippen molar-refractivity contribution in [3.05, 3.63) is 46.8 Å². The lowest BCUT2D eigenvalue weighted by atomic mass is 10.2. The molecule has 2 aromatic rings. The number of nitrogens with one attached hydrogen (secondary N) is 1. The molecular formula is C19H24BrN3O3. The molecule has 0 atom stereocenters. The molecule has 0 saturated carbocycles. The molecule has 1 aromatic carbocycles. The number of furan rings is 1. The molecule has 1 amide bonds. The van der Waals surface area contributed by atoms with E-state index in [2.05, 4.69) is 43.2 Å². The number of hydrogen-bond acceptors (Lipinski definition) is 5. The van der Waals surface area contributed by atoms with Crippen LogP contribution in [0.2, 0.25) is 0 Å². The predicted molar refractivity (Wildman–Crippen MR) is 105 cm³/mol. The van der Waals surface area contributed by atoms with Crippen LogP contribution in [0.3, 0.4) is 0 Å². The molecule has 1 fully saturated rings. The van der Waals surface area contributed by atoms with Gasteiger partial charge in [0.25, 0.3) is 5.91 Å². The Bertz CT molecular complexity index is 709. The second kappa shape index (κ2) is 9.09. The molecule has 0 spiro atoms. The van der Waals surface area contributed by atoms with Crippen LogP contribution in [0.25, 0.3) is 0 Å². The lowest BCUT2D eigenvalue weighted by molar-refractivity contribution is 0.0922. The lowest BCUT2D eigenvalue weighted by Gasteiger charge is -2.36. The maximum atomic E-state index is 11.9. The first-order valence-corrected chi connectivity index (χ1v) is 9.60. The van der Waals surface area contributed by atoms with Gasteiger partial charge in [0, 0.05) is 38.4 Å². The number of nitrogens with zero attached hydrogens (tertiary/aromatic N) is 2. The number of anilines is 1. The number of halogens is 1. The van der Waals surface area contributed by atoms with Crippen LogP contribution in [-0.2, 0) is 0 Å². The monoisotopic (exact) mass is 421 g/mol. The van der Waals surface area contributed by atoms with E-state index in [1.165, 1.54) is 5.69 Å². The van der Waals surface area contributed by atoms with Gasteiger partial charge in [-0.3, -0.25) is 9.69 Å². The van der Waals surface area contributed by atoms with Gasteiger partial charge in [-0.05, 0) is 65.3 Å². The summed E-state index contributed by atoms with van der Waals surface area (Å²) in [5.74, 6) is 1.06. The van der Waals surface area contributed by atoms with Crippen LogP contribution in [0.15, 0.2) is 45.5 Å². The van der Waals surface area contributed by atoms with Crippen molar-refractivity contribution in [3.8, 4) is 5.75 Å². The number of hydrogen-bond donors (Lipinski definition) is 1. The SMILES string of the molecule is COc1ccc(N2CCN(CCCNC(=O)c3ccc(Br)o3)CC2)cc1. The molecule has 0 radical (unpaired) electrons. The van der Waals surface area contributed by atoms with Gasteiger partial charge >= 0.3 is 0 Å². The maximum absolute atomic E-state index is 11.9. The van der Waals surface area contributed by atoms with Crippen molar-refractivity contribution in [2.24, 2.45) is 0 Å². The summed E-state index contributed by atoms with van der Waals surface area (Å²) in [5.41, 5.74) is 1.24. The van der Waals surface area contributed by atoms with Gasteiger partial charge in [-0.15, -0.1) is 0 Å². The highest BCUT2D eigenvalue weighted by atomic mass is 79.9. The molecule has 6 nitrogen and oxygen atoms in total. The Labute approximate surface area is 162 Å². The maximum Gasteiger partial charge on any atom is 0.287 e. The van der Waals surface area contributed by atoms with Crippen molar-refractivity contribution in [2.45, 2.75) is 6.42 Å². The lowest BCUT2D eigenvalue weighted by Crippen LogP contribution is -2.47. The third-order valence-corrected chi connectivity index (χ3v) is 4.97. The number of piperazine rings is 1. The van der Waals surface area contributed by atoms with E-state index >= 15 is 0 Å². The molecule has 0 aliphatic carbocycles. The van der Waals surface area contributed by atoms with Crippen molar-refractivity contribution < 1.29 is 13.9 Å². The van der Waals surface area contributed by atoms with Crippen molar-refractivity contribution >= 4 is 27.5 Å². The largest absolute Gasteiger partial charge is 0.497 e. The van der Waals surface area contributed by atoms with Crippen LogP contribution < -0.4 is 15.0 Å². The van der Waals surface area contributed by atoms with Crippen LogP contribution in [0, 0.1) is 0 Å². The highest BCUT2D eigenvalue weighted by Gasteiger charge is 2.17. The number of methoxy groups -OCH3 is 1. The zero-order chi connectivity index (χ0) is 18.4. The van der Waals surface area contributed by atoms with Crippen LogP contribution in [0.4, 0.5) is 5.69 Å². The Balaban J connectivity index is 1.34. The van der Waals surface area contributed by atoms with E-state index in [9.17, 15) is 4.79 Å². The summed E-state index contributed by atoms with van der Waals surface area (Å²) in [7, 11) is 1.68. The van der Waals surface area contributed by atoms with Crippen molar-refractivity contribution in [3.63, 3.8) is 0 Å². The van der Waals surface area contributed by atoms with Gasteiger partial charge in [-0.2, -0.15) is 0 Å². The minimum absolute atomic E-state index is 0.167. The molecule has 140 valence electrons. The highest BCUT2D eigenvalue weighted by Crippen LogP contribution is 2.20. The van der Waals surface area contributed by atoms with Crippen molar-refractivity contribution in [1.82, 2.24) is 10.2 Å². The quantitative estimate of drug-likeness (QED) is 0.696. The molecule has 7 heteroatoms. The van der Waals surface area contributed by atoms with E-state index in [-0.39, 0.29) is 5.91 Å². The van der Waals surface area contributed by atoms with Gasteiger partial charge in [0.15, 0.2) is 10.4 Å². The molecule has 1 aliphatic rings. The van der Waals surface area contributed by atoms with E-state index in [0.717, 1.165) is 44.9 Å². The van der Waals surface area contributed by atoms with Crippen molar-refractivity contribution in [1.29, 1.82) is 0 Å². The summed E-state index contributed by atoms with van der Waals surface area (Å²) < 4.78 is 11.0. The van der Waals surface area contributed by atoms with Gasteiger partial charge in [0.1, 0.15) is 5.75 Å². The molecule has 0 unspecified atom stereocenters. The zero-order valence-electron chi connectivity index (χ0n) is 14.9. The average Bonchev–Trinajstić information content (AvgIpc) is 3.12. The van der Waals surface area contributed by atoms with Crippen molar-refractivity contribution in [2.75, 3.05) is 51.3 Å². The molecule has 1 aromatic heterocycles. The Kier molecular flexibility index (Phi) is 6.57. The molecule has 0 bridgehead atoms. The molecule has 26 heavy (non-hydrogen) atoms. The summed E-state index contributed by atoms with van der Waals surface area (Å²) in [6, 6.07) is 11.6. The Morgan fingerprint density at radius 2 is 1.88 bits per heavy atom. The minimum atomic E-state index is -0.167. The number of benzene rings is 1. The first-order chi connectivity index (χ1) is 12.7. The Morgan fingerprint density at radius 1 is 1.15 bits per heavy atom. The van der Waals surface area contributed by atoms with Crippen LogP contribution in [0.5, 0.6) is 5.75 Å². The predicted octanol–water partition coefficient (Wildman–Crippen LogP) is 2.99. The zero-order valence-corrected chi connectivity index (χ0v) is 16.5. The van der Waals surface area contributed by atoms with Gasteiger partial charge in [-0.1, -0.05) is 0 Å². The first kappa shape index (κ1) is 18.8. The standard InChI is InChI=1S/C19H24BrN3O3/c1-25-16-5-3-15(4-6-16)23-13-11-22(12-14-23)10-2-9-21-19(24)17-7-8-18(20)26-17/h3-8H,2,9-14H2,1H3,(H,21,24). The summed E-state index contributed by atoms with van der Waals surface area (Å²) >= 11 is 3.20. The molecule has 3 rings (SSSR count). The Hall–Kier alpha value is -1.99. The summed E-state index contributed by atoms with van der Waals surface area (Å²) in [6.07, 6.45) is 0.927. The summed E-state index contributed by atoms with van der Waals surface area (Å²) in [4.78, 5) is 16.7. The second-order valence-corrected chi connectivity index (χ2v) is 7.02. The minimum Gasteiger partial charge on any atom is -0.497 e. The van der Waals surface area contributed by atoms with E-state index < -0.39 is 0 Å². The number of ether oxygens (including phenoxy) is 1. The normalized spacial score (nSPS) is 15.1. The van der Waals surface area contributed by atoms with Gasteiger partial charge in [0.05, 0.1) is 7.11 Å². The number of carbonyl (C=O) groups excluding carboxylic acids is 1. The van der Waals surface area contributed by atoms with Crippen LogP contribution in [-0.4, -0.2) is 57.2 Å². The first-order valence-electron chi connectivity index (χ1n) is 8.80. The van der Waals surface area contributed by atoms with E-state index in [1.54, 1.807) is 19.2 Å². The van der Waals surface area contributed by atoms with E-state index in [4.69, 9.17) is 9.15 Å². The number of amides is 1. The van der Waals surface area contributed by atoms with E-state index in [1.807, 2.05) is 12.1 Å². The topological polar surface area (TPSA) is 58.0 Å². The molecule has 2 heterocycles. The Morgan fingerprint density at radius 3 is 2.50 bits per heavy atom. The fourth-order valence-corrected chi connectivity index (χ4v) is 3.36. The third kappa shape index (κ3) is 5.02. The highest BCUT2D eigenvalue weighted by molar-refractivity contribution is 9.10. The van der Waals surface area contributed by atoms with Gasteiger partial charge in [0.2, 0.25) is 0 Å². The fourth-order valence-electron chi connectivity index (χ4n) is 3.05. The summed E-state index contributed by atoms with van der Waals surface area (Å²) in [5, 5.41) is 2.89. The van der Waals surface area contributed by atoms with Gasteiger partial charge < -0.3 is 19.4 Å².